The molecule has 0 unspecified atom stereocenters. The fraction of sp³-hybridized carbons (Fsp3) is 0.200. The Morgan fingerprint density at radius 3 is 1.76 bits per heavy atom. The summed E-state index contributed by atoms with van der Waals surface area (Å²) in [6.07, 6.45) is 0. The highest BCUT2D eigenvalue weighted by Crippen LogP contribution is 2.51. The highest BCUT2D eigenvalue weighted by Gasteiger charge is 2.51. The minimum Gasteiger partial charge on any atom is -0.204 e. The summed E-state index contributed by atoms with van der Waals surface area (Å²) in [7, 11) is 0. The molecule has 1 aliphatic rings. The van der Waals surface area contributed by atoms with Gasteiger partial charge in [0.05, 0.1) is 5.56 Å². The zero-order chi connectivity index (χ0) is 13.1. The summed E-state index contributed by atoms with van der Waals surface area (Å²) in [5.74, 6) is -15.5. The average Bonchev–Trinajstić information content (AvgIpc) is 2.44. The van der Waals surface area contributed by atoms with E-state index < -0.39 is 51.7 Å². The van der Waals surface area contributed by atoms with E-state index in [1.807, 2.05) is 0 Å². The Bertz CT molecular complexity index is 557. The van der Waals surface area contributed by atoms with E-state index in [0.717, 1.165) is 6.92 Å². The fourth-order valence-corrected chi connectivity index (χ4v) is 1.73. The van der Waals surface area contributed by atoms with Crippen molar-refractivity contribution in [3.8, 4) is 0 Å². The number of fused-ring (bicyclic) bond motifs is 1. The molecule has 0 aliphatic heterocycles. The van der Waals surface area contributed by atoms with Crippen molar-refractivity contribution in [2.45, 2.75) is 12.8 Å². The molecule has 0 amide bonds. The Morgan fingerprint density at radius 1 is 0.765 bits per heavy atom. The van der Waals surface area contributed by atoms with Gasteiger partial charge in [0.15, 0.2) is 29.1 Å². The van der Waals surface area contributed by atoms with Gasteiger partial charge in [-0.1, -0.05) is 0 Å². The Balaban J connectivity index is 2.96. The normalized spacial score (nSPS) is 17.6. The first-order valence-electron chi connectivity index (χ1n) is 4.32. The van der Waals surface area contributed by atoms with Crippen LogP contribution >= 0.6 is 0 Å². The van der Waals surface area contributed by atoms with E-state index in [1.54, 1.807) is 0 Å². The van der Waals surface area contributed by atoms with Crippen LogP contribution in [0.2, 0.25) is 0 Å². The number of benzene rings is 1. The van der Waals surface area contributed by atoms with Crippen LogP contribution in [0.5, 0.6) is 0 Å². The number of hydrogen-bond acceptors (Lipinski definition) is 0. The van der Waals surface area contributed by atoms with Crippen molar-refractivity contribution in [2.24, 2.45) is 0 Å². The molecular formula is C10H3F7. The topological polar surface area (TPSA) is 0 Å². The monoisotopic (exact) mass is 256 g/mol. The Kier molecular flexibility index (Phi) is 2.28. The van der Waals surface area contributed by atoms with Crippen LogP contribution in [0.25, 0.3) is 5.57 Å². The SMILES string of the molecule is CC1=C(F)C(F)(F)c2c(F)c(F)c(F)c(F)c21. The molecule has 1 aromatic rings. The van der Waals surface area contributed by atoms with E-state index in [4.69, 9.17) is 0 Å². The van der Waals surface area contributed by atoms with Gasteiger partial charge in [-0.05, 0) is 12.5 Å². The molecule has 17 heavy (non-hydrogen) atoms. The molecule has 0 heterocycles. The molecule has 1 aromatic carbocycles. The van der Waals surface area contributed by atoms with Crippen molar-refractivity contribution in [1.82, 2.24) is 0 Å². The van der Waals surface area contributed by atoms with Crippen molar-refractivity contribution in [1.29, 1.82) is 0 Å². The Morgan fingerprint density at radius 2 is 1.24 bits per heavy atom. The van der Waals surface area contributed by atoms with Crippen LogP contribution < -0.4 is 0 Å². The van der Waals surface area contributed by atoms with Gasteiger partial charge in [-0.25, -0.2) is 22.0 Å². The molecule has 2 rings (SSSR count). The summed E-state index contributed by atoms with van der Waals surface area (Å²) in [6.45, 7) is 0.731. The van der Waals surface area contributed by atoms with Gasteiger partial charge in [0.2, 0.25) is 0 Å². The Labute approximate surface area is 90.4 Å². The fourth-order valence-electron chi connectivity index (χ4n) is 1.73. The second kappa shape index (κ2) is 3.24. The van der Waals surface area contributed by atoms with Crippen LogP contribution in [0.15, 0.2) is 5.83 Å². The zero-order valence-corrected chi connectivity index (χ0v) is 8.15. The lowest BCUT2D eigenvalue weighted by atomic mass is 10.0. The molecule has 0 aromatic heterocycles. The maximum Gasteiger partial charge on any atom is 0.327 e. The minimum atomic E-state index is -4.49. The van der Waals surface area contributed by atoms with Crippen LogP contribution in [-0.2, 0) is 5.92 Å². The van der Waals surface area contributed by atoms with Crippen LogP contribution in [0, 0.1) is 23.3 Å². The van der Waals surface area contributed by atoms with Gasteiger partial charge >= 0.3 is 5.92 Å². The maximum atomic E-state index is 13.2. The second-order valence-electron chi connectivity index (χ2n) is 3.52. The Hall–Kier alpha value is -1.53. The van der Waals surface area contributed by atoms with Gasteiger partial charge in [0.1, 0.15) is 0 Å². The summed E-state index contributed by atoms with van der Waals surface area (Å²) >= 11 is 0. The van der Waals surface area contributed by atoms with Crippen LogP contribution in [-0.4, -0.2) is 0 Å². The van der Waals surface area contributed by atoms with Crippen molar-refractivity contribution in [2.75, 3.05) is 0 Å². The molecular weight excluding hydrogens is 253 g/mol. The average molecular weight is 256 g/mol. The van der Waals surface area contributed by atoms with Gasteiger partial charge in [-0.3, -0.25) is 0 Å². The van der Waals surface area contributed by atoms with Gasteiger partial charge in [0, 0.05) is 5.56 Å². The predicted octanol–water partition coefficient (Wildman–Crippen LogP) is 4.05. The molecule has 0 saturated heterocycles. The molecule has 0 saturated carbocycles. The van der Waals surface area contributed by atoms with Crippen LogP contribution in [0.1, 0.15) is 18.1 Å². The highest BCUT2D eigenvalue weighted by molar-refractivity contribution is 5.76. The lowest BCUT2D eigenvalue weighted by Crippen LogP contribution is -2.16. The third-order valence-electron chi connectivity index (χ3n) is 2.56. The molecule has 0 radical (unpaired) electrons. The molecule has 1 aliphatic carbocycles. The van der Waals surface area contributed by atoms with Gasteiger partial charge in [-0.15, -0.1) is 0 Å². The first-order valence-corrected chi connectivity index (χ1v) is 4.32. The minimum absolute atomic E-state index is 0.731. The third-order valence-corrected chi connectivity index (χ3v) is 2.56. The lowest BCUT2D eigenvalue weighted by Gasteiger charge is -2.12. The number of halogens is 7. The van der Waals surface area contributed by atoms with Crippen molar-refractivity contribution in [3.05, 3.63) is 40.2 Å². The molecule has 0 atom stereocenters. The number of rotatable bonds is 0. The van der Waals surface area contributed by atoms with Crippen molar-refractivity contribution >= 4 is 5.57 Å². The summed E-state index contributed by atoms with van der Waals surface area (Å²) in [4.78, 5) is 0. The van der Waals surface area contributed by atoms with Crippen LogP contribution in [0.3, 0.4) is 0 Å². The molecule has 0 bridgehead atoms. The quantitative estimate of drug-likeness (QED) is 0.373. The van der Waals surface area contributed by atoms with Crippen molar-refractivity contribution < 1.29 is 30.7 Å². The smallest absolute Gasteiger partial charge is 0.204 e. The zero-order valence-electron chi connectivity index (χ0n) is 8.15. The number of hydrogen-bond donors (Lipinski definition) is 0. The summed E-state index contributed by atoms with van der Waals surface area (Å²) in [5, 5.41) is 0. The maximum absolute atomic E-state index is 13.2. The van der Waals surface area contributed by atoms with Crippen LogP contribution in [0.4, 0.5) is 30.7 Å². The van der Waals surface area contributed by atoms with Gasteiger partial charge in [-0.2, -0.15) is 8.78 Å². The summed E-state index contributed by atoms with van der Waals surface area (Å²) < 4.78 is 91.4. The summed E-state index contributed by atoms with van der Waals surface area (Å²) in [5.41, 5.74) is -4.01. The van der Waals surface area contributed by atoms with E-state index in [-0.39, 0.29) is 0 Å². The molecule has 0 nitrogen and oxygen atoms in total. The van der Waals surface area contributed by atoms with E-state index in [1.165, 1.54) is 0 Å². The van der Waals surface area contributed by atoms with Gasteiger partial charge < -0.3 is 0 Å². The second-order valence-corrected chi connectivity index (χ2v) is 3.52. The third kappa shape index (κ3) is 1.25. The van der Waals surface area contributed by atoms with E-state index in [9.17, 15) is 30.7 Å². The largest absolute Gasteiger partial charge is 0.327 e. The molecule has 0 spiro atoms. The molecule has 0 N–H and O–H groups in total. The van der Waals surface area contributed by atoms with E-state index >= 15 is 0 Å². The summed E-state index contributed by atoms with van der Waals surface area (Å²) in [6, 6.07) is 0. The highest BCUT2D eigenvalue weighted by atomic mass is 19.3. The van der Waals surface area contributed by atoms with E-state index in [0.29, 0.717) is 0 Å². The van der Waals surface area contributed by atoms with Gasteiger partial charge in [0.25, 0.3) is 0 Å². The standard InChI is InChI=1S/C10H3F7/c1-2-3-4(10(16,17)9(2)15)6(12)8(14)7(13)5(3)11/h1H3. The van der Waals surface area contributed by atoms with Crippen molar-refractivity contribution in [3.63, 3.8) is 0 Å². The molecule has 92 valence electrons. The first kappa shape index (κ1) is 11.9. The first-order chi connectivity index (χ1) is 7.71. The molecule has 7 heteroatoms. The molecule has 0 fully saturated rings. The lowest BCUT2D eigenvalue weighted by molar-refractivity contribution is 0.0142. The number of alkyl halides is 2. The van der Waals surface area contributed by atoms with E-state index in [2.05, 4.69) is 0 Å². The predicted molar refractivity (Wildman–Crippen MR) is 43.9 cm³/mol. The number of allylic oxidation sites excluding steroid dienone is 2.